The van der Waals surface area contributed by atoms with E-state index in [1.807, 2.05) is 60.7 Å². The number of benzene rings is 3. The van der Waals surface area contributed by atoms with Crippen molar-refractivity contribution in [3.63, 3.8) is 0 Å². The zero-order chi connectivity index (χ0) is 19.8. The number of carbonyl (C=O) groups is 1. The predicted octanol–water partition coefficient (Wildman–Crippen LogP) is 5.19. The summed E-state index contributed by atoms with van der Waals surface area (Å²) < 4.78 is 5.31. The Labute approximate surface area is 165 Å². The molecule has 2 heterocycles. The van der Waals surface area contributed by atoms with Crippen LogP contribution in [0.4, 0.5) is 5.69 Å². The van der Waals surface area contributed by atoms with Gasteiger partial charge in [-0.15, -0.1) is 0 Å². The summed E-state index contributed by atoms with van der Waals surface area (Å²) in [7, 11) is 0. The van der Waals surface area contributed by atoms with Crippen LogP contribution in [0.1, 0.15) is 10.4 Å². The first-order valence-electron chi connectivity index (χ1n) is 9.21. The maximum Gasteiger partial charge on any atom is 0.349 e. The predicted molar refractivity (Wildman–Crippen MR) is 114 cm³/mol. The second-order valence-corrected chi connectivity index (χ2v) is 6.73. The summed E-state index contributed by atoms with van der Waals surface area (Å²) >= 11 is 0. The van der Waals surface area contributed by atoms with E-state index in [0.717, 1.165) is 22.2 Å². The van der Waals surface area contributed by atoms with Gasteiger partial charge in [0.1, 0.15) is 11.1 Å². The lowest BCUT2D eigenvalue weighted by Crippen LogP contribution is -2.20. The Morgan fingerprint density at radius 3 is 2.45 bits per heavy atom. The van der Waals surface area contributed by atoms with E-state index in [1.165, 1.54) is 0 Å². The molecule has 5 heteroatoms. The normalized spacial score (nSPS) is 11.0. The molecular formula is C24H16N2O3. The number of hydrogen-bond donors (Lipinski definition) is 2. The molecule has 0 spiro atoms. The van der Waals surface area contributed by atoms with Gasteiger partial charge in [0.15, 0.2) is 0 Å². The van der Waals surface area contributed by atoms with Crippen molar-refractivity contribution < 1.29 is 9.21 Å². The third-order valence-electron chi connectivity index (χ3n) is 4.89. The van der Waals surface area contributed by atoms with Crippen LogP contribution in [0.5, 0.6) is 0 Å². The van der Waals surface area contributed by atoms with Crippen LogP contribution < -0.4 is 10.9 Å². The van der Waals surface area contributed by atoms with Gasteiger partial charge >= 0.3 is 5.63 Å². The monoisotopic (exact) mass is 380 g/mol. The van der Waals surface area contributed by atoms with Crippen molar-refractivity contribution in [1.29, 1.82) is 0 Å². The van der Waals surface area contributed by atoms with Crippen LogP contribution in [0.25, 0.3) is 33.1 Å². The van der Waals surface area contributed by atoms with Gasteiger partial charge in [-0.25, -0.2) is 4.79 Å². The van der Waals surface area contributed by atoms with Crippen LogP contribution in [-0.2, 0) is 0 Å². The summed E-state index contributed by atoms with van der Waals surface area (Å²) in [6, 6.07) is 26.1. The quantitative estimate of drug-likeness (QED) is 0.423. The Hall–Kier alpha value is -4.12. The Balaban J connectivity index is 1.63. The Kier molecular flexibility index (Phi) is 3.99. The van der Waals surface area contributed by atoms with E-state index in [9.17, 15) is 9.59 Å². The number of amides is 1. The standard InChI is InChI=1S/C24H16N2O3/c27-23(18-14-16-10-4-7-13-20(16)29-24(18)28)26-22-17-11-5-6-12-19(17)25-21(22)15-8-2-1-3-9-15/h1-14,25H,(H,26,27). The fourth-order valence-electron chi connectivity index (χ4n) is 3.49. The molecule has 5 nitrogen and oxygen atoms in total. The van der Waals surface area contributed by atoms with Crippen molar-refractivity contribution in [3.05, 3.63) is 101 Å². The molecule has 29 heavy (non-hydrogen) atoms. The van der Waals surface area contributed by atoms with Gasteiger partial charge in [0.2, 0.25) is 0 Å². The molecule has 0 atom stereocenters. The van der Waals surface area contributed by atoms with Gasteiger partial charge in [-0.1, -0.05) is 66.7 Å². The van der Waals surface area contributed by atoms with Crippen molar-refractivity contribution in [2.75, 3.05) is 5.32 Å². The summed E-state index contributed by atoms with van der Waals surface area (Å²) in [5, 5.41) is 4.48. The number of anilines is 1. The second-order valence-electron chi connectivity index (χ2n) is 6.73. The van der Waals surface area contributed by atoms with Gasteiger partial charge in [0.25, 0.3) is 5.91 Å². The summed E-state index contributed by atoms with van der Waals surface area (Å²) in [5.41, 5.74) is 2.99. The minimum atomic E-state index is -0.665. The van der Waals surface area contributed by atoms with Gasteiger partial charge in [-0.2, -0.15) is 0 Å². The number of nitrogens with one attached hydrogen (secondary N) is 2. The molecule has 140 valence electrons. The zero-order valence-corrected chi connectivity index (χ0v) is 15.3. The van der Waals surface area contributed by atoms with E-state index in [4.69, 9.17) is 4.42 Å². The Bertz CT molecular complexity index is 1410. The van der Waals surface area contributed by atoms with Crippen LogP contribution in [0.3, 0.4) is 0 Å². The van der Waals surface area contributed by atoms with Crippen LogP contribution >= 0.6 is 0 Å². The van der Waals surface area contributed by atoms with Crippen molar-refractivity contribution in [3.8, 4) is 11.3 Å². The first kappa shape index (κ1) is 17.0. The van der Waals surface area contributed by atoms with E-state index >= 15 is 0 Å². The first-order chi connectivity index (χ1) is 14.2. The molecule has 5 rings (SSSR count). The van der Waals surface area contributed by atoms with Gasteiger partial charge in [0, 0.05) is 21.9 Å². The number of aromatic nitrogens is 1. The molecule has 2 N–H and O–H groups in total. The second kappa shape index (κ2) is 6.80. The van der Waals surface area contributed by atoms with E-state index in [-0.39, 0.29) is 5.56 Å². The lowest BCUT2D eigenvalue weighted by atomic mass is 10.1. The number of fused-ring (bicyclic) bond motifs is 2. The molecule has 0 bridgehead atoms. The molecule has 2 aromatic heterocycles. The van der Waals surface area contributed by atoms with Crippen molar-refractivity contribution in [2.45, 2.75) is 0 Å². The SMILES string of the molecule is O=C(Nc1c(-c2ccccc2)[nH]c2ccccc12)c1cc2ccccc2oc1=O. The number of H-pyrrole nitrogens is 1. The lowest BCUT2D eigenvalue weighted by molar-refractivity contribution is 0.102. The fourth-order valence-corrected chi connectivity index (χ4v) is 3.49. The molecule has 0 aliphatic heterocycles. The van der Waals surface area contributed by atoms with Crippen LogP contribution in [-0.4, -0.2) is 10.9 Å². The zero-order valence-electron chi connectivity index (χ0n) is 15.3. The molecule has 0 aliphatic rings. The highest BCUT2D eigenvalue weighted by Gasteiger charge is 2.19. The first-order valence-corrected chi connectivity index (χ1v) is 9.21. The molecule has 1 amide bonds. The molecule has 0 aliphatic carbocycles. The summed E-state index contributed by atoms with van der Waals surface area (Å²) in [5.74, 6) is -0.508. The topological polar surface area (TPSA) is 75.1 Å². The maximum absolute atomic E-state index is 13.0. The smallest absolute Gasteiger partial charge is 0.349 e. The largest absolute Gasteiger partial charge is 0.422 e. The lowest BCUT2D eigenvalue weighted by Gasteiger charge is -2.08. The number of rotatable bonds is 3. The van der Waals surface area contributed by atoms with E-state index in [2.05, 4.69) is 10.3 Å². The molecule has 0 radical (unpaired) electrons. The molecule has 0 saturated heterocycles. The Morgan fingerprint density at radius 1 is 0.862 bits per heavy atom. The third-order valence-corrected chi connectivity index (χ3v) is 4.89. The van der Waals surface area contributed by atoms with Crippen LogP contribution in [0.15, 0.2) is 94.1 Å². The van der Waals surface area contributed by atoms with Crippen molar-refractivity contribution >= 4 is 33.5 Å². The highest BCUT2D eigenvalue weighted by atomic mass is 16.4. The van der Waals surface area contributed by atoms with E-state index in [0.29, 0.717) is 16.7 Å². The molecule has 0 fully saturated rings. The highest BCUT2D eigenvalue weighted by Crippen LogP contribution is 2.35. The summed E-state index contributed by atoms with van der Waals surface area (Å²) in [4.78, 5) is 28.8. The maximum atomic E-state index is 13.0. The molecule has 5 aromatic rings. The summed E-state index contributed by atoms with van der Waals surface area (Å²) in [6.45, 7) is 0. The van der Waals surface area contributed by atoms with E-state index in [1.54, 1.807) is 24.3 Å². The van der Waals surface area contributed by atoms with Gasteiger partial charge in [-0.3, -0.25) is 4.79 Å². The van der Waals surface area contributed by atoms with Crippen LogP contribution in [0.2, 0.25) is 0 Å². The average molecular weight is 380 g/mol. The van der Waals surface area contributed by atoms with Crippen molar-refractivity contribution in [2.24, 2.45) is 0 Å². The number of hydrogen-bond acceptors (Lipinski definition) is 3. The molecule has 3 aromatic carbocycles. The molecule has 0 unspecified atom stereocenters. The van der Waals surface area contributed by atoms with Gasteiger partial charge in [-0.05, 0) is 18.2 Å². The third kappa shape index (κ3) is 2.99. The molecular weight excluding hydrogens is 364 g/mol. The average Bonchev–Trinajstić information content (AvgIpc) is 3.12. The minimum absolute atomic E-state index is 0.0343. The summed E-state index contributed by atoms with van der Waals surface area (Å²) in [6.07, 6.45) is 0. The molecule has 0 saturated carbocycles. The van der Waals surface area contributed by atoms with Gasteiger partial charge in [0.05, 0.1) is 11.4 Å². The minimum Gasteiger partial charge on any atom is -0.422 e. The number of aromatic amines is 1. The number of carbonyl (C=O) groups excluding carboxylic acids is 1. The van der Waals surface area contributed by atoms with Crippen molar-refractivity contribution in [1.82, 2.24) is 4.98 Å². The fraction of sp³-hybridized carbons (Fsp3) is 0. The van der Waals surface area contributed by atoms with Gasteiger partial charge < -0.3 is 14.7 Å². The number of para-hydroxylation sites is 2. The Morgan fingerprint density at radius 2 is 1.59 bits per heavy atom. The van der Waals surface area contributed by atoms with Crippen LogP contribution in [0, 0.1) is 0 Å². The highest BCUT2D eigenvalue weighted by molar-refractivity contribution is 6.13. The van der Waals surface area contributed by atoms with E-state index < -0.39 is 11.5 Å².